The molecule has 6 heteroatoms. The first kappa shape index (κ1) is 14.8. The Labute approximate surface area is 107 Å². The van der Waals surface area contributed by atoms with Crippen LogP contribution in [0.3, 0.4) is 0 Å². The second-order valence-corrected chi connectivity index (χ2v) is 5.49. The summed E-state index contributed by atoms with van der Waals surface area (Å²) in [6.07, 6.45) is 1.55. The van der Waals surface area contributed by atoms with Gasteiger partial charge in [-0.05, 0) is 33.6 Å². The van der Waals surface area contributed by atoms with Crippen molar-refractivity contribution >= 4 is 12.0 Å². The van der Waals surface area contributed by atoms with Crippen molar-refractivity contribution in [2.45, 2.75) is 45.2 Å². The summed E-state index contributed by atoms with van der Waals surface area (Å²) < 4.78 is 5.21. The molecule has 0 aliphatic carbocycles. The van der Waals surface area contributed by atoms with Crippen molar-refractivity contribution in [3.63, 3.8) is 0 Å². The summed E-state index contributed by atoms with van der Waals surface area (Å²) in [5, 5.41) is 11.7. The van der Waals surface area contributed by atoms with Gasteiger partial charge in [0.1, 0.15) is 6.54 Å². The quantitative estimate of drug-likeness (QED) is 0.793. The minimum Gasteiger partial charge on any atom is -0.480 e. The summed E-state index contributed by atoms with van der Waals surface area (Å²) in [6, 6.07) is -0.248. The van der Waals surface area contributed by atoms with E-state index in [0.29, 0.717) is 13.2 Å². The van der Waals surface area contributed by atoms with Crippen LogP contribution in [0.15, 0.2) is 0 Å². The third-order valence-corrected chi connectivity index (χ3v) is 2.90. The van der Waals surface area contributed by atoms with Crippen LogP contribution in [-0.4, -0.2) is 53.3 Å². The van der Waals surface area contributed by atoms with Crippen LogP contribution in [0.2, 0.25) is 0 Å². The van der Waals surface area contributed by atoms with Crippen molar-refractivity contribution in [3.05, 3.63) is 0 Å². The van der Waals surface area contributed by atoms with Gasteiger partial charge in [0, 0.05) is 24.8 Å². The van der Waals surface area contributed by atoms with Gasteiger partial charge in [-0.2, -0.15) is 0 Å². The van der Waals surface area contributed by atoms with Gasteiger partial charge in [0.05, 0.1) is 0 Å². The monoisotopic (exact) mass is 258 g/mol. The number of carbonyl (C=O) groups excluding carboxylic acids is 1. The van der Waals surface area contributed by atoms with Crippen molar-refractivity contribution < 1.29 is 19.4 Å². The molecule has 0 aromatic rings. The molecule has 1 aliphatic rings. The second kappa shape index (κ2) is 6.04. The molecule has 0 atom stereocenters. The fraction of sp³-hybridized carbons (Fsp3) is 0.833. The Morgan fingerprint density at radius 2 is 1.89 bits per heavy atom. The summed E-state index contributed by atoms with van der Waals surface area (Å²) in [7, 11) is 0. The summed E-state index contributed by atoms with van der Waals surface area (Å²) in [4.78, 5) is 24.3. The van der Waals surface area contributed by atoms with E-state index in [1.807, 2.05) is 20.8 Å². The molecule has 0 unspecified atom stereocenters. The smallest absolute Gasteiger partial charge is 0.323 e. The molecule has 2 amide bonds. The SMILES string of the molecule is CC(C)(C)N(CC(=O)O)C(=O)NC1CCOCC1. The third kappa shape index (κ3) is 4.52. The molecular weight excluding hydrogens is 236 g/mol. The number of nitrogens with one attached hydrogen (secondary N) is 1. The van der Waals surface area contributed by atoms with E-state index in [9.17, 15) is 9.59 Å². The minimum absolute atomic E-state index is 0.0740. The summed E-state index contributed by atoms with van der Waals surface area (Å²) in [6.45, 7) is 6.44. The average Bonchev–Trinajstić information content (AvgIpc) is 2.25. The number of hydrogen-bond acceptors (Lipinski definition) is 3. The molecule has 1 fully saturated rings. The molecule has 0 saturated carbocycles. The fourth-order valence-electron chi connectivity index (χ4n) is 1.84. The largest absolute Gasteiger partial charge is 0.480 e. The van der Waals surface area contributed by atoms with Crippen LogP contribution in [0.4, 0.5) is 4.79 Å². The highest BCUT2D eigenvalue weighted by Crippen LogP contribution is 2.14. The van der Waals surface area contributed by atoms with Gasteiger partial charge in [0.2, 0.25) is 0 Å². The van der Waals surface area contributed by atoms with Gasteiger partial charge in [-0.15, -0.1) is 0 Å². The fourth-order valence-corrected chi connectivity index (χ4v) is 1.84. The van der Waals surface area contributed by atoms with E-state index in [1.54, 1.807) is 0 Å². The van der Waals surface area contributed by atoms with Crippen LogP contribution in [0.25, 0.3) is 0 Å². The van der Waals surface area contributed by atoms with Crippen LogP contribution in [-0.2, 0) is 9.53 Å². The van der Waals surface area contributed by atoms with E-state index in [1.165, 1.54) is 4.90 Å². The average molecular weight is 258 g/mol. The van der Waals surface area contributed by atoms with Gasteiger partial charge in [0.15, 0.2) is 0 Å². The number of aliphatic carboxylic acids is 1. The van der Waals surface area contributed by atoms with Crippen LogP contribution in [0.5, 0.6) is 0 Å². The molecule has 1 aliphatic heterocycles. The Kier molecular flexibility index (Phi) is 4.95. The molecule has 18 heavy (non-hydrogen) atoms. The number of carboxylic acid groups (broad SMARTS) is 1. The highest BCUT2D eigenvalue weighted by molar-refractivity contribution is 5.81. The highest BCUT2D eigenvalue weighted by Gasteiger charge is 2.30. The summed E-state index contributed by atoms with van der Waals surface area (Å²) in [5.41, 5.74) is -0.520. The van der Waals surface area contributed by atoms with Crippen LogP contribution < -0.4 is 5.32 Å². The van der Waals surface area contributed by atoms with E-state index >= 15 is 0 Å². The van der Waals surface area contributed by atoms with Gasteiger partial charge >= 0.3 is 12.0 Å². The molecule has 0 aromatic heterocycles. The molecule has 1 heterocycles. The van der Waals surface area contributed by atoms with E-state index < -0.39 is 11.5 Å². The normalized spacial score (nSPS) is 17.3. The molecule has 104 valence electrons. The first-order valence-corrected chi connectivity index (χ1v) is 6.18. The molecule has 6 nitrogen and oxygen atoms in total. The Bertz CT molecular complexity index is 306. The molecule has 0 bridgehead atoms. The highest BCUT2D eigenvalue weighted by atomic mass is 16.5. The third-order valence-electron chi connectivity index (χ3n) is 2.90. The zero-order valence-corrected chi connectivity index (χ0v) is 11.2. The number of nitrogens with zero attached hydrogens (tertiary/aromatic N) is 1. The Balaban J connectivity index is 2.61. The van der Waals surface area contributed by atoms with E-state index in [-0.39, 0.29) is 18.6 Å². The maximum absolute atomic E-state index is 12.1. The van der Waals surface area contributed by atoms with Gasteiger partial charge in [-0.25, -0.2) is 4.79 Å². The lowest BCUT2D eigenvalue weighted by Gasteiger charge is -2.36. The number of urea groups is 1. The Morgan fingerprint density at radius 1 is 1.33 bits per heavy atom. The van der Waals surface area contributed by atoms with E-state index in [2.05, 4.69) is 5.32 Å². The maximum atomic E-state index is 12.1. The van der Waals surface area contributed by atoms with Gasteiger partial charge in [0.25, 0.3) is 0 Å². The predicted octanol–water partition coefficient (Wildman–Crippen LogP) is 1.06. The molecule has 0 spiro atoms. The molecule has 0 radical (unpaired) electrons. The van der Waals surface area contributed by atoms with Crippen LogP contribution in [0, 0.1) is 0 Å². The van der Waals surface area contributed by atoms with Crippen molar-refractivity contribution in [3.8, 4) is 0 Å². The summed E-state index contributed by atoms with van der Waals surface area (Å²) >= 11 is 0. The Morgan fingerprint density at radius 3 is 2.33 bits per heavy atom. The minimum atomic E-state index is -1.01. The number of carbonyl (C=O) groups is 2. The van der Waals surface area contributed by atoms with Gasteiger partial charge in [-0.1, -0.05) is 0 Å². The predicted molar refractivity (Wildman–Crippen MR) is 66.5 cm³/mol. The lowest BCUT2D eigenvalue weighted by molar-refractivity contribution is -0.138. The molecule has 0 aromatic carbocycles. The van der Waals surface area contributed by atoms with Gasteiger partial charge < -0.3 is 20.1 Å². The zero-order chi connectivity index (χ0) is 13.8. The number of carboxylic acids is 1. The lowest BCUT2D eigenvalue weighted by Crippen LogP contribution is -2.55. The zero-order valence-electron chi connectivity index (χ0n) is 11.2. The van der Waals surface area contributed by atoms with Crippen LogP contribution >= 0.6 is 0 Å². The van der Waals surface area contributed by atoms with E-state index in [4.69, 9.17) is 9.84 Å². The van der Waals surface area contributed by atoms with Crippen LogP contribution in [0.1, 0.15) is 33.6 Å². The van der Waals surface area contributed by atoms with Crippen molar-refractivity contribution in [2.24, 2.45) is 0 Å². The molecule has 2 N–H and O–H groups in total. The Hall–Kier alpha value is -1.30. The van der Waals surface area contributed by atoms with Gasteiger partial charge in [-0.3, -0.25) is 4.79 Å². The second-order valence-electron chi connectivity index (χ2n) is 5.49. The summed E-state index contributed by atoms with van der Waals surface area (Å²) in [5.74, 6) is -1.01. The number of ether oxygens (including phenoxy) is 1. The van der Waals surface area contributed by atoms with E-state index in [0.717, 1.165) is 12.8 Å². The lowest BCUT2D eigenvalue weighted by atomic mass is 10.1. The molecule has 1 rings (SSSR count). The maximum Gasteiger partial charge on any atom is 0.323 e. The first-order chi connectivity index (χ1) is 8.30. The van der Waals surface area contributed by atoms with Crippen molar-refractivity contribution in [2.75, 3.05) is 19.8 Å². The topological polar surface area (TPSA) is 78.9 Å². The molecule has 1 saturated heterocycles. The number of rotatable bonds is 3. The number of hydrogen-bond donors (Lipinski definition) is 2. The standard InChI is InChI=1S/C12H22N2O4/c1-12(2,3)14(8-10(15)16)11(17)13-9-4-6-18-7-5-9/h9H,4-8H2,1-3H3,(H,13,17)(H,15,16). The van der Waals surface area contributed by atoms with Crippen molar-refractivity contribution in [1.29, 1.82) is 0 Å². The first-order valence-electron chi connectivity index (χ1n) is 6.18. The molecular formula is C12H22N2O4. The van der Waals surface area contributed by atoms with Crippen molar-refractivity contribution in [1.82, 2.24) is 10.2 Å². The number of amides is 2.